The Labute approximate surface area is 168 Å². The minimum Gasteiger partial charge on any atom is -0.496 e. The molecule has 27 heavy (non-hydrogen) atoms. The molecule has 3 nitrogen and oxygen atoms in total. The van der Waals surface area contributed by atoms with Crippen LogP contribution in [0.4, 0.5) is 0 Å². The Morgan fingerprint density at radius 2 is 1.81 bits per heavy atom. The Bertz CT molecular complexity index is 860. The highest BCUT2D eigenvalue weighted by Crippen LogP contribution is 2.37. The molecule has 0 radical (unpaired) electrons. The van der Waals surface area contributed by atoms with Crippen LogP contribution in [0.1, 0.15) is 30.4 Å². The van der Waals surface area contributed by atoms with Gasteiger partial charge in [-0.05, 0) is 42.2 Å². The summed E-state index contributed by atoms with van der Waals surface area (Å²) in [6, 6.07) is 15.0. The second-order valence-corrected chi connectivity index (χ2v) is 7.86. The van der Waals surface area contributed by atoms with Crippen molar-refractivity contribution in [1.29, 1.82) is 0 Å². The first-order valence-corrected chi connectivity index (χ1v) is 9.88. The first kappa shape index (κ1) is 18.5. The van der Waals surface area contributed by atoms with Gasteiger partial charge < -0.3 is 9.47 Å². The molecule has 1 aliphatic heterocycles. The number of halogens is 2. The summed E-state index contributed by atoms with van der Waals surface area (Å²) in [4.78, 5) is 12.9. The van der Waals surface area contributed by atoms with Crippen molar-refractivity contribution < 1.29 is 14.3 Å². The summed E-state index contributed by atoms with van der Waals surface area (Å²) >= 11 is 12.1. The molecular formula is C22H20Cl2O3. The van der Waals surface area contributed by atoms with Crippen LogP contribution in [0.15, 0.2) is 54.8 Å². The number of rotatable bonds is 4. The molecule has 1 aliphatic carbocycles. The zero-order valence-electron chi connectivity index (χ0n) is 14.7. The van der Waals surface area contributed by atoms with Crippen LogP contribution in [0.5, 0.6) is 0 Å². The molecule has 3 atom stereocenters. The van der Waals surface area contributed by atoms with Crippen molar-refractivity contribution in [2.75, 3.05) is 0 Å². The maximum absolute atomic E-state index is 12.9. The summed E-state index contributed by atoms with van der Waals surface area (Å²) < 4.78 is 12.0. The molecule has 2 aliphatic rings. The lowest BCUT2D eigenvalue weighted by atomic mass is 9.78. The number of benzene rings is 2. The molecule has 0 N–H and O–H groups in total. The predicted octanol–water partition coefficient (Wildman–Crippen LogP) is 5.69. The fourth-order valence-electron chi connectivity index (χ4n) is 3.77. The Kier molecular flexibility index (Phi) is 5.53. The second-order valence-electron chi connectivity index (χ2n) is 7.02. The molecule has 5 heteroatoms. The molecule has 4 rings (SSSR count). The van der Waals surface area contributed by atoms with E-state index in [0.717, 1.165) is 24.0 Å². The standard InChI is InChI=1S/C22H20Cl2O3/c23-16-7-5-14(6-8-16)19-13-27-21-11-17(9-10-18(21)22(19)25)26-12-15-3-1-2-4-20(15)24/h1-8,13,17-18,21H,9-12H2. The van der Waals surface area contributed by atoms with Gasteiger partial charge in [0.15, 0.2) is 5.78 Å². The molecule has 1 saturated carbocycles. The number of carbonyl (C=O) groups is 1. The zero-order chi connectivity index (χ0) is 18.8. The van der Waals surface area contributed by atoms with Gasteiger partial charge in [-0.15, -0.1) is 0 Å². The van der Waals surface area contributed by atoms with Crippen molar-refractivity contribution in [2.45, 2.75) is 38.1 Å². The van der Waals surface area contributed by atoms with Crippen molar-refractivity contribution in [3.8, 4) is 0 Å². The van der Waals surface area contributed by atoms with E-state index in [-0.39, 0.29) is 23.9 Å². The molecule has 2 aromatic carbocycles. The number of Topliss-reactive ketones (excluding diaryl/α,β-unsaturated/α-hetero) is 1. The molecule has 0 bridgehead atoms. The second kappa shape index (κ2) is 8.05. The summed E-state index contributed by atoms with van der Waals surface area (Å²) in [6.45, 7) is 0.474. The topological polar surface area (TPSA) is 35.5 Å². The van der Waals surface area contributed by atoms with Crippen LogP contribution in [0.3, 0.4) is 0 Å². The summed E-state index contributed by atoms with van der Waals surface area (Å²) in [7, 11) is 0. The van der Waals surface area contributed by atoms with Crippen LogP contribution in [0.2, 0.25) is 10.0 Å². The minimum absolute atomic E-state index is 0.0702. The number of allylic oxidation sites excluding steroid dienone is 1. The lowest BCUT2D eigenvalue weighted by Crippen LogP contribution is -2.41. The molecule has 0 aromatic heterocycles. The van der Waals surface area contributed by atoms with Crippen molar-refractivity contribution in [3.05, 3.63) is 76.0 Å². The van der Waals surface area contributed by atoms with E-state index in [1.54, 1.807) is 18.4 Å². The Hall–Kier alpha value is -1.81. The Balaban J connectivity index is 1.40. The van der Waals surface area contributed by atoms with Gasteiger partial charge >= 0.3 is 0 Å². The molecule has 140 valence electrons. The predicted molar refractivity (Wildman–Crippen MR) is 107 cm³/mol. The number of fused-ring (bicyclic) bond motifs is 1. The summed E-state index contributed by atoms with van der Waals surface area (Å²) in [6.07, 6.45) is 3.87. The molecule has 0 spiro atoms. The largest absolute Gasteiger partial charge is 0.496 e. The number of ether oxygens (including phenoxy) is 2. The average molecular weight is 403 g/mol. The van der Waals surface area contributed by atoms with Crippen molar-refractivity contribution in [3.63, 3.8) is 0 Å². The zero-order valence-corrected chi connectivity index (χ0v) is 16.2. The molecule has 1 heterocycles. The van der Waals surface area contributed by atoms with Gasteiger partial charge in [-0.1, -0.05) is 53.5 Å². The highest BCUT2D eigenvalue weighted by Gasteiger charge is 2.40. The van der Waals surface area contributed by atoms with Gasteiger partial charge in [-0.3, -0.25) is 4.79 Å². The third kappa shape index (κ3) is 4.06. The van der Waals surface area contributed by atoms with Gasteiger partial charge in [0.05, 0.1) is 30.5 Å². The lowest BCUT2D eigenvalue weighted by Gasteiger charge is -2.37. The van der Waals surface area contributed by atoms with Gasteiger partial charge in [0.1, 0.15) is 6.10 Å². The van der Waals surface area contributed by atoms with Crippen LogP contribution in [-0.4, -0.2) is 18.0 Å². The van der Waals surface area contributed by atoms with E-state index in [1.807, 2.05) is 36.4 Å². The van der Waals surface area contributed by atoms with Gasteiger partial charge in [0.2, 0.25) is 0 Å². The highest BCUT2D eigenvalue weighted by atomic mass is 35.5. The SMILES string of the molecule is O=C1C(c2ccc(Cl)cc2)=COC2CC(OCc3ccccc3Cl)CCC12. The van der Waals surface area contributed by atoms with Crippen LogP contribution in [0.25, 0.3) is 5.57 Å². The van der Waals surface area contributed by atoms with E-state index in [4.69, 9.17) is 32.7 Å². The number of ketones is 1. The van der Waals surface area contributed by atoms with Crippen molar-refractivity contribution in [2.24, 2.45) is 5.92 Å². The van der Waals surface area contributed by atoms with E-state index >= 15 is 0 Å². The maximum atomic E-state index is 12.9. The minimum atomic E-state index is -0.126. The number of carbonyl (C=O) groups excluding carboxylic acids is 1. The maximum Gasteiger partial charge on any atom is 0.173 e. The smallest absolute Gasteiger partial charge is 0.173 e. The molecule has 1 fully saturated rings. The molecular weight excluding hydrogens is 383 g/mol. The normalized spacial score (nSPS) is 24.7. The lowest BCUT2D eigenvalue weighted by molar-refractivity contribution is -0.128. The van der Waals surface area contributed by atoms with Crippen molar-refractivity contribution >= 4 is 34.6 Å². The van der Waals surface area contributed by atoms with E-state index in [0.29, 0.717) is 28.6 Å². The first-order chi connectivity index (χ1) is 13.1. The van der Waals surface area contributed by atoms with Gasteiger partial charge in [-0.2, -0.15) is 0 Å². The first-order valence-electron chi connectivity index (χ1n) is 9.12. The average Bonchev–Trinajstić information content (AvgIpc) is 2.68. The molecule has 0 amide bonds. The molecule has 3 unspecified atom stereocenters. The number of hydrogen-bond donors (Lipinski definition) is 0. The van der Waals surface area contributed by atoms with Crippen LogP contribution in [-0.2, 0) is 20.9 Å². The van der Waals surface area contributed by atoms with Gasteiger partial charge in [0, 0.05) is 16.5 Å². The number of hydrogen-bond acceptors (Lipinski definition) is 3. The van der Waals surface area contributed by atoms with Gasteiger partial charge in [-0.25, -0.2) is 0 Å². The van der Waals surface area contributed by atoms with Crippen LogP contribution < -0.4 is 0 Å². The van der Waals surface area contributed by atoms with Crippen LogP contribution in [0, 0.1) is 5.92 Å². The van der Waals surface area contributed by atoms with E-state index in [9.17, 15) is 4.79 Å². The summed E-state index contributed by atoms with van der Waals surface area (Å²) in [5, 5.41) is 1.36. The molecule has 2 aromatic rings. The quantitative estimate of drug-likeness (QED) is 0.658. The van der Waals surface area contributed by atoms with Crippen LogP contribution >= 0.6 is 23.2 Å². The molecule has 0 saturated heterocycles. The third-order valence-corrected chi connectivity index (χ3v) is 5.91. The monoisotopic (exact) mass is 402 g/mol. The van der Waals surface area contributed by atoms with Gasteiger partial charge in [0.25, 0.3) is 0 Å². The van der Waals surface area contributed by atoms with E-state index < -0.39 is 0 Å². The van der Waals surface area contributed by atoms with E-state index in [2.05, 4.69) is 0 Å². The third-order valence-electron chi connectivity index (χ3n) is 5.29. The van der Waals surface area contributed by atoms with Crippen molar-refractivity contribution in [1.82, 2.24) is 0 Å². The fraction of sp³-hybridized carbons (Fsp3) is 0.318. The van der Waals surface area contributed by atoms with E-state index in [1.165, 1.54) is 0 Å². The summed E-state index contributed by atoms with van der Waals surface area (Å²) in [5.74, 6) is 0.0407. The summed E-state index contributed by atoms with van der Waals surface area (Å²) in [5.41, 5.74) is 2.45. The Morgan fingerprint density at radius 1 is 1.04 bits per heavy atom. The fourth-order valence-corrected chi connectivity index (χ4v) is 4.09. The highest BCUT2D eigenvalue weighted by molar-refractivity contribution is 6.31. The Morgan fingerprint density at radius 3 is 2.59 bits per heavy atom.